The first kappa shape index (κ1) is 27.6. The molecule has 0 spiro atoms. The van der Waals surface area contributed by atoms with Crippen LogP contribution >= 0.6 is 11.6 Å². The molecule has 1 aliphatic carbocycles. The standard InChI is InChI=1S/C25H34ClN5O5/c1-24(2,3)35-22(33)18(30-23(34)36-25(4,5)6)10-9-17(32)12-15-7-8-16(11-15)31-14-29-19-20(26)27-13-28-21(19)31/h7-8,13-16,18H,9-12H2,1-6H3,(H,30,34)/t15-,16+,18+/m1/s1. The fraction of sp³-hybridized carbons (Fsp3) is 0.600. The third kappa shape index (κ3) is 7.74. The number of carbonyl (C=O) groups is 3. The molecule has 0 fully saturated rings. The van der Waals surface area contributed by atoms with Crippen molar-refractivity contribution < 1.29 is 23.9 Å². The number of imidazole rings is 1. The van der Waals surface area contributed by atoms with Gasteiger partial charge in [-0.05, 0) is 60.3 Å². The van der Waals surface area contributed by atoms with Gasteiger partial charge in [-0.25, -0.2) is 24.5 Å². The molecule has 0 radical (unpaired) electrons. The highest BCUT2D eigenvalue weighted by Crippen LogP contribution is 2.33. The maximum absolute atomic E-state index is 12.8. The van der Waals surface area contributed by atoms with E-state index in [2.05, 4.69) is 20.3 Å². The summed E-state index contributed by atoms with van der Waals surface area (Å²) in [5, 5.41) is 2.86. The summed E-state index contributed by atoms with van der Waals surface area (Å²) in [6, 6.07) is -0.987. The lowest BCUT2D eigenvalue weighted by Crippen LogP contribution is -2.46. The maximum Gasteiger partial charge on any atom is 0.408 e. The highest BCUT2D eigenvalue weighted by Gasteiger charge is 2.30. The molecular weight excluding hydrogens is 486 g/mol. The third-order valence-electron chi connectivity index (χ3n) is 5.41. The summed E-state index contributed by atoms with van der Waals surface area (Å²) in [6.07, 6.45) is 7.66. The number of hydrogen-bond acceptors (Lipinski definition) is 8. The Hall–Kier alpha value is -3.01. The van der Waals surface area contributed by atoms with Crippen molar-refractivity contribution >= 4 is 40.6 Å². The molecule has 0 aliphatic heterocycles. The van der Waals surface area contributed by atoms with Crippen LogP contribution in [0.3, 0.4) is 0 Å². The molecule has 0 bridgehead atoms. The summed E-state index contributed by atoms with van der Waals surface area (Å²) in [5.74, 6) is -0.573. The number of rotatable bonds is 8. The van der Waals surface area contributed by atoms with E-state index in [1.807, 2.05) is 16.7 Å². The Morgan fingerprint density at radius 3 is 2.44 bits per heavy atom. The smallest absolute Gasteiger partial charge is 0.408 e. The van der Waals surface area contributed by atoms with Crippen molar-refractivity contribution in [1.82, 2.24) is 24.8 Å². The van der Waals surface area contributed by atoms with Crippen molar-refractivity contribution in [3.8, 4) is 0 Å². The molecular formula is C25H34ClN5O5. The van der Waals surface area contributed by atoms with Gasteiger partial charge >= 0.3 is 12.1 Å². The van der Waals surface area contributed by atoms with Crippen LogP contribution in [0.2, 0.25) is 5.15 Å². The molecule has 0 saturated heterocycles. The van der Waals surface area contributed by atoms with Crippen LogP contribution in [-0.2, 0) is 19.1 Å². The number of amides is 1. The molecule has 3 rings (SSSR count). The fourth-order valence-corrected chi connectivity index (χ4v) is 4.12. The average molecular weight is 520 g/mol. The van der Waals surface area contributed by atoms with E-state index in [1.54, 1.807) is 47.9 Å². The normalized spacial score (nSPS) is 18.8. The molecule has 0 unspecified atom stereocenters. The van der Waals surface area contributed by atoms with Crippen molar-refractivity contribution in [2.45, 2.75) is 90.5 Å². The van der Waals surface area contributed by atoms with Gasteiger partial charge in [-0.2, -0.15) is 0 Å². The van der Waals surface area contributed by atoms with Crippen molar-refractivity contribution in [3.63, 3.8) is 0 Å². The Kier molecular flexibility index (Phi) is 8.38. The maximum atomic E-state index is 12.8. The number of Topliss-reactive ketones (excluding diaryl/α,β-unsaturated/α-hetero) is 1. The van der Waals surface area contributed by atoms with Gasteiger partial charge in [-0.3, -0.25) is 4.79 Å². The van der Waals surface area contributed by atoms with Gasteiger partial charge < -0.3 is 19.4 Å². The molecule has 1 N–H and O–H groups in total. The first-order valence-corrected chi connectivity index (χ1v) is 12.3. The Bertz CT molecular complexity index is 1150. The largest absolute Gasteiger partial charge is 0.458 e. The molecule has 2 aromatic rings. The number of nitrogens with one attached hydrogen (secondary N) is 1. The molecule has 1 amide bonds. The second kappa shape index (κ2) is 10.9. The number of alkyl carbamates (subject to hydrolysis) is 1. The number of ketones is 1. The van der Waals surface area contributed by atoms with Gasteiger partial charge in [0.25, 0.3) is 0 Å². The minimum Gasteiger partial charge on any atom is -0.458 e. The zero-order valence-electron chi connectivity index (χ0n) is 21.6. The number of fused-ring (bicyclic) bond motifs is 1. The first-order chi connectivity index (χ1) is 16.7. The van der Waals surface area contributed by atoms with E-state index < -0.39 is 29.3 Å². The second-order valence-corrected chi connectivity index (χ2v) is 11.3. The van der Waals surface area contributed by atoms with Gasteiger partial charge in [0.1, 0.15) is 34.9 Å². The van der Waals surface area contributed by atoms with Gasteiger partial charge in [0.2, 0.25) is 0 Å². The lowest BCUT2D eigenvalue weighted by molar-refractivity contribution is -0.157. The van der Waals surface area contributed by atoms with E-state index in [0.717, 1.165) is 0 Å². The molecule has 2 heterocycles. The molecule has 0 aromatic carbocycles. The number of ether oxygens (including phenoxy) is 2. The number of allylic oxidation sites excluding steroid dienone is 2. The molecule has 0 saturated carbocycles. The Balaban J connectivity index is 1.56. The summed E-state index contributed by atoms with van der Waals surface area (Å²) in [7, 11) is 0. The Morgan fingerprint density at radius 2 is 1.78 bits per heavy atom. The minimum absolute atomic E-state index is 0.00196. The topological polar surface area (TPSA) is 125 Å². The van der Waals surface area contributed by atoms with Gasteiger partial charge in [-0.1, -0.05) is 23.8 Å². The lowest BCUT2D eigenvalue weighted by atomic mass is 9.97. The number of halogens is 1. The molecule has 36 heavy (non-hydrogen) atoms. The monoisotopic (exact) mass is 519 g/mol. The molecule has 2 aromatic heterocycles. The number of esters is 1. The van der Waals surface area contributed by atoms with Crippen molar-refractivity contribution in [2.24, 2.45) is 5.92 Å². The highest BCUT2D eigenvalue weighted by molar-refractivity contribution is 6.33. The van der Waals surface area contributed by atoms with Gasteiger partial charge in [0, 0.05) is 12.8 Å². The van der Waals surface area contributed by atoms with Crippen LogP contribution in [0.4, 0.5) is 4.79 Å². The predicted octanol–water partition coefficient (Wildman–Crippen LogP) is 4.57. The first-order valence-electron chi connectivity index (χ1n) is 12.0. The lowest BCUT2D eigenvalue weighted by Gasteiger charge is -2.26. The van der Waals surface area contributed by atoms with Gasteiger partial charge in [0.15, 0.2) is 10.8 Å². The highest BCUT2D eigenvalue weighted by atomic mass is 35.5. The van der Waals surface area contributed by atoms with Crippen LogP contribution in [-0.4, -0.2) is 54.6 Å². The van der Waals surface area contributed by atoms with Crippen molar-refractivity contribution in [2.75, 3.05) is 0 Å². The predicted molar refractivity (Wildman–Crippen MR) is 134 cm³/mol. The van der Waals surface area contributed by atoms with E-state index >= 15 is 0 Å². The van der Waals surface area contributed by atoms with E-state index in [4.69, 9.17) is 21.1 Å². The number of hydrogen-bond donors (Lipinski definition) is 1. The van der Waals surface area contributed by atoms with E-state index in [9.17, 15) is 14.4 Å². The summed E-state index contributed by atoms with van der Waals surface area (Å²) >= 11 is 6.10. The third-order valence-corrected chi connectivity index (χ3v) is 5.68. The van der Waals surface area contributed by atoms with E-state index in [1.165, 1.54) is 6.33 Å². The molecule has 196 valence electrons. The average Bonchev–Trinajstić information content (AvgIpc) is 3.36. The van der Waals surface area contributed by atoms with Crippen LogP contribution in [0, 0.1) is 5.92 Å². The summed E-state index contributed by atoms with van der Waals surface area (Å²) in [6.45, 7) is 10.4. The second-order valence-electron chi connectivity index (χ2n) is 11.0. The van der Waals surface area contributed by atoms with Crippen LogP contribution in [0.15, 0.2) is 24.8 Å². The molecule has 1 aliphatic rings. The number of aromatic nitrogens is 4. The summed E-state index contributed by atoms with van der Waals surface area (Å²) < 4.78 is 12.6. The van der Waals surface area contributed by atoms with E-state index in [0.29, 0.717) is 29.2 Å². The Morgan fingerprint density at radius 1 is 1.08 bits per heavy atom. The zero-order chi connectivity index (χ0) is 26.7. The van der Waals surface area contributed by atoms with Crippen LogP contribution in [0.25, 0.3) is 11.2 Å². The molecule has 11 heteroatoms. The quantitative estimate of drug-likeness (QED) is 0.305. The molecule has 10 nitrogen and oxygen atoms in total. The summed E-state index contributed by atoms with van der Waals surface area (Å²) in [4.78, 5) is 50.3. The number of carbonyl (C=O) groups excluding carboxylic acids is 3. The van der Waals surface area contributed by atoms with Crippen LogP contribution in [0.5, 0.6) is 0 Å². The van der Waals surface area contributed by atoms with Crippen molar-refractivity contribution in [3.05, 3.63) is 30.0 Å². The SMILES string of the molecule is CC(C)(C)OC(=O)N[C@@H](CCC(=O)C[C@@H]1C=C[C@H](n2cnc3c(Cl)ncnc32)C1)C(=O)OC(C)(C)C. The van der Waals surface area contributed by atoms with Crippen LogP contribution in [0.1, 0.15) is 73.3 Å². The number of nitrogens with zero attached hydrogens (tertiary/aromatic N) is 4. The summed E-state index contributed by atoms with van der Waals surface area (Å²) in [5.41, 5.74) is -0.268. The van der Waals surface area contributed by atoms with Gasteiger partial charge in [0.05, 0.1) is 12.4 Å². The minimum atomic E-state index is -0.989. The zero-order valence-corrected chi connectivity index (χ0v) is 22.3. The van der Waals surface area contributed by atoms with Gasteiger partial charge in [-0.15, -0.1) is 0 Å². The Labute approximate surface area is 215 Å². The molecule has 3 atom stereocenters. The van der Waals surface area contributed by atoms with Crippen LogP contribution < -0.4 is 5.32 Å². The fourth-order valence-electron chi connectivity index (χ4n) is 3.95. The van der Waals surface area contributed by atoms with E-state index in [-0.39, 0.29) is 30.6 Å². The van der Waals surface area contributed by atoms with Crippen molar-refractivity contribution in [1.29, 1.82) is 0 Å².